The molecule has 0 aliphatic rings. The van der Waals surface area contributed by atoms with Gasteiger partial charge in [0, 0.05) is 19.0 Å². The summed E-state index contributed by atoms with van der Waals surface area (Å²) >= 11 is 0. The van der Waals surface area contributed by atoms with E-state index in [1.807, 2.05) is 6.92 Å². The third-order valence-corrected chi connectivity index (χ3v) is 3.70. The molecule has 118 valence electrons. The average molecular weight is 286 g/mol. The molecule has 0 heterocycles. The van der Waals surface area contributed by atoms with Crippen LogP contribution in [0.4, 0.5) is 0 Å². The summed E-state index contributed by atoms with van der Waals surface area (Å²) in [7, 11) is 0. The van der Waals surface area contributed by atoms with Crippen LogP contribution < -0.4 is 5.73 Å². The van der Waals surface area contributed by atoms with Gasteiger partial charge >= 0.3 is 5.97 Å². The lowest BCUT2D eigenvalue weighted by molar-refractivity contribution is -0.140. The van der Waals surface area contributed by atoms with Gasteiger partial charge in [0.15, 0.2) is 0 Å². The van der Waals surface area contributed by atoms with Crippen LogP contribution in [-0.4, -0.2) is 41.0 Å². The van der Waals surface area contributed by atoms with Crippen molar-refractivity contribution in [1.29, 1.82) is 0 Å². The summed E-state index contributed by atoms with van der Waals surface area (Å²) in [6.45, 7) is 7.03. The van der Waals surface area contributed by atoms with E-state index in [-0.39, 0.29) is 18.4 Å². The number of aliphatic carboxylic acids is 1. The Balaban J connectivity index is 4.35. The molecule has 0 aromatic rings. The normalized spacial score (nSPS) is 13.8. The number of hydrogen-bond acceptors (Lipinski definition) is 3. The Morgan fingerprint density at radius 2 is 1.85 bits per heavy atom. The molecule has 0 saturated heterocycles. The molecule has 0 spiro atoms. The number of carboxylic acids is 1. The number of carbonyl (C=O) groups excluding carboxylic acids is 1. The SMILES string of the molecule is CCCC(CCN)CCC(=O)N(CC)C(C)CC(=O)O. The molecule has 0 aliphatic carbocycles. The molecule has 0 rings (SSSR count). The maximum Gasteiger partial charge on any atom is 0.305 e. The fraction of sp³-hybridized carbons (Fsp3) is 0.867. The minimum Gasteiger partial charge on any atom is -0.481 e. The topological polar surface area (TPSA) is 83.6 Å². The number of carboxylic acid groups (broad SMARTS) is 1. The maximum absolute atomic E-state index is 12.2. The van der Waals surface area contributed by atoms with Crippen molar-refractivity contribution in [1.82, 2.24) is 4.90 Å². The van der Waals surface area contributed by atoms with E-state index >= 15 is 0 Å². The molecular formula is C15H30N2O3. The monoisotopic (exact) mass is 286 g/mol. The first kappa shape index (κ1) is 18.9. The van der Waals surface area contributed by atoms with E-state index in [0.717, 1.165) is 25.7 Å². The van der Waals surface area contributed by atoms with Crippen molar-refractivity contribution < 1.29 is 14.7 Å². The Bertz CT molecular complexity index is 289. The second kappa shape index (κ2) is 10.7. The van der Waals surface area contributed by atoms with Crippen LogP contribution in [0.1, 0.15) is 59.3 Å². The van der Waals surface area contributed by atoms with Gasteiger partial charge in [-0.2, -0.15) is 0 Å². The van der Waals surface area contributed by atoms with Crippen molar-refractivity contribution in [2.24, 2.45) is 11.7 Å². The molecule has 0 aromatic heterocycles. The highest BCUT2D eigenvalue weighted by atomic mass is 16.4. The van der Waals surface area contributed by atoms with Gasteiger partial charge in [0.25, 0.3) is 0 Å². The van der Waals surface area contributed by atoms with Gasteiger partial charge in [0.2, 0.25) is 5.91 Å². The first-order valence-corrected chi connectivity index (χ1v) is 7.67. The maximum atomic E-state index is 12.2. The molecule has 2 atom stereocenters. The van der Waals surface area contributed by atoms with Crippen molar-refractivity contribution in [2.45, 2.75) is 65.3 Å². The van der Waals surface area contributed by atoms with Crippen LogP contribution in [0.5, 0.6) is 0 Å². The smallest absolute Gasteiger partial charge is 0.305 e. The number of amides is 1. The average Bonchev–Trinajstić information content (AvgIpc) is 2.36. The van der Waals surface area contributed by atoms with Gasteiger partial charge < -0.3 is 15.7 Å². The van der Waals surface area contributed by atoms with Gasteiger partial charge in [-0.1, -0.05) is 19.8 Å². The first-order chi connectivity index (χ1) is 9.46. The van der Waals surface area contributed by atoms with Crippen LogP contribution in [0.2, 0.25) is 0 Å². The highest BCUT2D eigenvalue weighted by Gasteiger charge is 2.21. The Kier molecular flexibility index (Phi) is 10.1. The van der Waals surface area contributed by atoms with Gasteiger partial charge in [-0.05, 0) is 39.2 Å². The summed E-state index contributed by atoms with van der Waals surface area (Å²) in [5.41, 5.74) is 5.59. The van der Waals surface area contributed by atoms with Crippen molar-refractivity contribution in [3.8, 4) is 0 Å². The molecule has 1 amide bonds. The van der Waals surface area contributed by atoms with Crippen LogP contribution in [0, 0.1) is 5.92 Å². The second-order valence-corrected chi connectivity index (χ2v) is 5.40. The van der Waals surface area contributed by atoms with Crippen LogP contribution in [0.3, 0.4) is 0 Å². The quantitative estimate of drug-likeness (QED) is 0.610. The Hall–Kier alpha value is -1.10. The molecule has 5 heteroatoms. The summed E-state index contributed by atoms with van der Waals surface area (Å²) < 4.78 is 0. The van der Waals surface area contributed by atoms with Crippen LogP contribution in [-0.2, 0) is 9.59 Å². The van der Waals surface area contributed by atoms with Gasteiger partial charge in [0.1, 0.15) is 0 Å². The summed E-state index contributed by atoms with van der Waals surface area (Å²) in [6, 6.07) is -0.246. The number of nitrogens with zero attached hydrogens (tertiary/aromatic N) is 1. The van der Waals surface area contributed by atoms with Crippen LogP contribution in [0.25, 0.3) is 0 Å². The molecule has 0 bridgehead atoms. The highest BCUT2D eigenvalue weighted by molar-refractivity contribution is 5.77. The van der Waals surface area contributed by atoms with E-state index in [1.54, 1.807) is 11.8 Å². The minimum absolute atomic E-state index is 0.000762. The Morgan fingerprint density at radius 1 is 1.20 bits per heavy atom. The molecule has 0 aliphatic heterocycles. The minimum atomic E-state index is -0.865. The Morgan fingerprint density at radius 3 is 2.30 bits per heavy atom. The predicted octanol–water partition coefficient (Wildman–Crippen LogP) is 2.24. The van der Waals surface area contributed by atoms with Crippen molar-refractivity contribution in [3.63, 3.8) is 0 Å². The summed E-state index contributed by atoms with van der Waals surface area (Å²) in [4.78, 5) is 24.6. The van der Waals surface area contributed by atoms with Crippen LogP contribution >= 0.6 is 0 Å². The van der Waals surface area contributed by atoms with Gasteiger partial charge in [-0.25, -0.2) is 0 Å². The summed E-state index contributed by atoms with van der Waals surface area (Å²) in [6.07, 6.45) is 4.49. The second-order valence-electron chi connectivity index (χ2n) is 5.40. The molecule has 0 saturated carbocycles. The molecule has 2 unspecified atom stereocenters. The van der Waals surface area contributed by atoms with E-state index in [9.17, 15) is 9.59 Å². The molecule has 0 fully saturated rings. The molecule has 0 aromatic carbocycles. The zero-order valence-corrected chi connectivity index (χ0v) is 13.1. The third kappa shape index (κ3) is 7.48. The van der Waals surface area contributed by atoms with E-state index in [1.165, 1.54) is 0 Å². The fourth-order valence-corrected chi connectivity index (χ4v) is 2.64. The number of nitrogens with two attached hydrogens (primary N) is 1. The summed E-state index contributed by atoms with van der Waals surface area (Å²) in [5, 5.41) is 8.82. The third-order valence-electron chi connectivity index (χ3n) is 3.70. The molecule has 3 N–H and O–H groups in total. The molecule has 5 nitrogen and oxygen atoms in total. The number of hydrogen-bond donors (Lipinski definition) is 2. The zero-order valence-electron chi connectivity index (χ0n) is 13.1. The highest BCUT2D eigenvalue weighted by Crippen LogP contribution is 2.18. The number of carbonyl (C=O) groups is 2. The van der Waals surface area contributed by atoms with Crippen molar-refractivity contribution >= 4 is 11.9 Å². The summed E-state index contributed by atoms with van der Waals surface area (Å²) in [5.74, 6) is -0.308. The molecule has 0 radical (unpaired) electrons. The Labute approximate surface area is 122 Å². The van der Waals surface area contributed by atoms with Crippen LogP contribution in [0.15, 0.2) is 0 Å². The number of rotatable bonds is 11. The van der Waals surface area contributed by atoms with Gasteiger partial charge in [-0.3, -0.25) is 9.59 Å². The lowest BCUT2D eigenvalue weighted by Crippen LogP contribution is -2.39. The predicted molar refractivity (Wildman–Crippen MR) is 80.4 cm³/mol. The largest absolute Gasteiger partial charge is 0.481 e. The zero-order chi connectivity index (χ0) is 15.5. The van der Waals surface area contributed by atoms with Gasteiger partial charge in [0.05, 0.1) is 6.42 Å². The van der Waals surface area contributed by atoms with Crippen molar-refractivity contribution in [3.05, 3.63) is 0 Å². The van der Waals surface area contributed by atoms with E-state index in [0.29, 0.717) is 25.4 Å². The standard InChI is InChI=1S/C15H30N2O3/c1-4-6-13(9-10-16)7-8-14(18)17(5-2)12(3)11-15(19)20/h12-13H,4-11,16H2,1-3H3,(H,19,20). The lowest BCUT2D eigenvalue weighted by Gasteiger charge is -2.28. The van der Waals surface area contributed by atoms with E-state index < -0.39 is 5.97 Å². The fourth-order valence-electron chi connectivity index (χ4n) is 2.64. The van der Waals surface area contributed by atoms with E-state index in [4.69, 9.17) is 10.8 Å². The van der Waals surface area contributed by atoms with Gasteiger partial charge in [-0.15, -0.1) is 0 Å². The lowest BCUT2D eigenvalue weighted by atomic mass is 9.94. The molecule has 20 heavy (non-hydrogen) atoms. The van der Waals surface area contributed by atoms with Crippen molar-refractivity contribution in [2.75, 3.05) is 13.1 Å². The van der Waals surface area contributed by atoms with E-state index in [2.05, 4.69) is 6.92 Å². The molecular weight excluding hydrogens is 256 g/mol. The first-order valence-electron chi connectivity index (χ1n) is 7.67.